The van der Waals surface area contributed by atoms with E-state index in [9.17, 15) is 8.78 Å². The predicted octanol–water partition coefficient (Wildman–Crippen LogP) is 6.33. The van der Waals surface area contributed by atoms with Gasteiger partial charge in [0, 0.05) is 29.3 Å². The molecular weight excluding hydrogens is 358 g/mol. The predicted molar refractivity (Wildman–Crippen MR) is 108 cm³/mol. The fraction of sp³-hybridized carbons (Fsp3) is 0.391. The van der Waals surface area contributed by atoms with Gasteiger partial charge in [0.25, 0.3) is 0 Å². The summed E-state index contributed by atoms with van der Waals surface area (Å²) in [7, 11) is 0. The van der Waals surface area contributed by atoms with Gasteiger partial charge in [-0.2, -0.15) is 0 Å². The molecule has 0 fully saturated rings. The van der Waals surface area contributed by atoms with Crippen LogP contribution in [0.2, 0.25) is 0 Å². The van der Waals surface area contributed by atoms with E-state index in [0.29, 0.717) is 29.5 Å². The topological polar surface area (TPSA) is 35.0 Å². The number of benzene rings is 1. The summed E-state index contributed by atoms with van der Waals surface area (Å²) >= 11 is 0. The molecule has 148 valence electrons. The van der Waals surface area contributed by atoms with Gasteiger partial charge in [0.15, 0.2) is 0 Å². The molecule has 3 rings (SSSR count). The number of hydrogen-bond acceptors (Lipinski definition) is 3. The van der Waals surface area contributed by atoms with E-state index >= 15 is 0 Å². The Morgan fingerprint density at radius 1 is 1.11 bits per heavy atom. The van der Waals surface area contributed by atoms with Crippen LogP contribution in [0.25, 0.3) is 22.2 Å². The smallest absolute Gasteiger partial charge is 0.140 e. The summed E-state index contributed by atoms with van der Waals surface area (Å²) in [5.41, 5.74) is 2.43. The van der Waals surface area contributed by atoms with Crippen LogP contribution in [0.15, 0.2) is 36.7 Å². The number of ether oxygens (including phenoxy) is 1. The molecule has 0 radical (unpaired) electrons. The standard InChI is InChI=1S/C23H26F2N2O/c1-14(2)11-23(4,5)13-28-21-12-27-19(8-15(21)3)17-6-7-26-20-10-16(24)9-18(25)22(17)20/h6-10,12,14H,11,13H2,1-5H3. The Kier molecular flexibility index (Phi) is 5.64. The molecule has 3 aromatic rings. The summed E-state index contributed by atoms with van der Waals surface area (Å²) < 4.78 is 33.9. The van der Waals surface area contributed by atoms with Crippen molar-refractivity contribution in [1.82, 2.24) is 9.97 Å². The van der Waals surface area contributed by atoms with Gasteiger partial charge in [0.05, 0.1) is 24.0 Å². The highest BCUT2D eigenvalue weighted by Gasteiger charge is 2.21. The quantitative estimate of drug-likeness (QED) is 0.498. The van der Waals surface area contributed by atoms with E-state index < -0.39 is 11.6 Å². The van der Waals surface area contributed by atoms with Crippen LogP contribution in [-0.2, 0) is 0 Å². The summed E-state index contributed by atoms with van der Waals surface area (Å²) in [6.07, 6.45) is 4.27. The van der Waals surface area contributed by atoms with E-state index in [1.54, 1.807) is 12.3 Å². The van der Waals surface area contributed by atoms with Crippen LogP contribution in [0.5, 0.6) is 5.75 Å². The molecule has 28 heavy (non-hydrogen) atoms. The lowest BCUT2D eigenvalue weighted by molar-refractivity contribution is 0.153. The monoisotopic (exact) mass is 384 g/mol. The third-order valence-electron chi connectivity index (χ3n) is 4.68. The molecule has 0 spiro atoms. The van der Waals surface area contributed by atoms with Crippen LogP contribution in [0.3, 0.4) is 0 Å². The van der Waals surface area contributed by atoms with Crippen LogP contribution < -0.4 is 4.74 Å². The summed E-state index contributed by atoms with van der Waals surface area (Å²) in [5, 5.41) is 0.266. The van der Waals surface area contributed by atoms with Crippen molar-refractivity contribution in [2.45, 2.75) is 41.0 Å². The maximum Gasteiger partial charge on any atom is 0.140 e. The van der Waals surface area contributed by atoms with E-state index in [2.05, 4.69) is 37.7 Å². The van der Waals surface area contributed by atoms with Crippen molar-refractivity contribution in [2.75, 3.05) is 6.61 Å². The molecule has 2 heterocycles. The fourth-order valence-electron chi connectivity index (χ4n) is 3.70. The first-order valence-corrected chi connectivity index (χ1v) is 9.50. The second-order valence-corrected chi connectivity index (χ2v) is 8.53. The van der Waals surface area contributed by atoms with Gasteiger partial charge in [-0.05, 0) is 42.4 Å². The number of fused-ring (bicyclic) bond motifs is 1. The van der Waals surface area contributed by atoms with Gasteiger partial charge in [-0.25, -0.2) is 8.78 Å². The number of hydrogen-bond donors (Lipinski definition) is 0. The Bertz CT molecular complexity index is 999. The molecule has 3 nitrogen and oxygen atoms in total. The lowest BCUT2D eigenvalue weighted by atomic mass is 9.85. The fourth-order valence-corrected chi connectivity index (χ4v) is 3.70. The van der Waals surface area contributed by atoms with Crippen LogP contribution in [0.1, 0.15) is 39.7 Å². The Morgan fingerprint density at radius 2 is 1.86 bits per heavy atom. The maximum atomic E-state index is 14.4. The van der Waals surface area contributed by atoms with Crippen molar-refractivity contribution >= 4 is 10.9 Å². The van der Waals surface area contributed by atoms with Gasteiger partial charge in [-0.3, -0.25) is 9.97 Å². The minimum Gasteiger partial charge on any atom is -0.491 e. The minimum absolute atomic E-state index is 0.0633. The molecule has 0 bridgehead atoms. The molecule has 2 aromatic heterocycles. The van der Waals surface area contributed by atoms with Gasteiger partial charge >= 0.3 is 0 Å². The first-order valence-electron chi connectivity index (χ1n) is 9.50. The number of rotatable bonds is 6. The molecular formula is C23H26F2N2O. The average Bonchev–Trinajstić information content (AvgIpc) is 2.58. The maximum absolute atomic E-state index is 14.4. The van der Waals surface area contributed by atoms with Crippen molar-refractivity contribution in [1.29, 1.82) is 0 Å². The van der Waals surface area contributed by atoms with Crippen molar-refractivity contribution in [3.05, 3.63) is 53.9 Å². The summed E-state index contributed by atoms with van der Waals surface area (Å²) in [6.45, 7) is 11.3. The van der Waals surface area contributed by atoms with Crippen LogP contribution in [0.4, 0.5) is 8.78 Å². The Hall–Kier alpha value is -2.56. The molecule has 0 saturated heterocycles. The van der Waals surface area contributed by atoms with Crippen molar-refractivity contribution in [2.24, 2.45) is 11.3 Å². The van der Waals surface area contributed by atoms with Gasteiger partial charge in [0.1, 0.15) is 17.4 Å². The zero-order valence-corrected chi connectivity index (χ0v) is 17.0. The molecule has 1 aromatic carbocycles. The number of halogens is 2. The number of aryl methyl sites for hydroxylation is 1. The van der Waals surface area contributed by atoms with Gasteiger partial charge < -0.3 is 4.74 Å². The van der Waals surface area contributed by atoms with Gasteiger partial charge in [-0.1, -0.05) is 27.7 Å². The average molecular weight is 384 g/mol. The molecule has 0 aliphatic carbocycles. The van der Waals surface area contributed by atoms with E-state index in [1.165, 1.54) is 12.3 Å². The largest absolute Gasteiger partial charge is 0.491 e. The highest BCUT2D eigenvalue weighted by atomic mass is 19.1. The lowest BCUT2D eigenvalue weighted by Crippen LogP contribution is -2.23. The van der Waals surface area contributed by atoms with Crippen molar-refractivity contribution in [3.63, 3.8) is 0 Å². The number of aromatic nitrogens is 2. The first-order chi connectivity index (χ1) is 13.2. The SMILES string of the molecule is Cc1cc(-c2ccnc3cc(F)cc(F)c23)ncc1OCC(C)(C)CC(C)C. The highest BCUT2D eigenvalue weighted by molar-refractivity contribution is 5.93. The summed E-state index contributed by atoms with van der Waals surface area (Å²) in [4.78, 5) is 8.55. The molecule has 5 heteroatoms. The number of nitrogens with zero attached hydrogens (tertiary/aromatic N) is 2. The Morgan fingerprint density at radius 3 is 2.54 bits per heavy atom. The molecule has 0 saturated carbocycles. The zero-order valence-electron chi connectivity index (χ0n) is 17.0. The van der Waals surface area contributed by atoms with E-state index in [4.69, 9.17) is 4.74 Å². The second-order valence-electron chi connectivity index (χ2n) is 8.53. The minimum atomic E-state index is -0.647. The highest BCUT2D eigenvalue weighted by Crippen LogP contribution is 2.32. The van der Waals surface area contributed by atoms with E-state index in [0.717, 1.165) is 18.1 Å². The summed E-state index contributed by atoms with van der Waals surface area (Å²) in [5.74, 6) is 0.0187. The van der Waals surface area contributed by atoms with Gasteiger partial charge in [0.2, 0.25) is 0 Å². The van der Waals surface area contributed by atoms with Gasteiger partial charge in [-0.15, -0.1) is 0 Å². The normalized spacial score (nSPS) is 12.0. The molecule has 0 atom stereocenters. The van der Waals surface area contributed by atoms with E-state index in [1.807, 2.05) is 13.0 Å². The Balaban J connectivity index is 1.90. The Labute approximate surface area is 164 Å². The third kappa shape index (κ3) is 4.46. The second kappa shape index (κ2) is 7.82. The van der Waals surface area contributed by atoms with Crippen molar-refractivity contribution < 1.29 is 13.5 Å². The number of pyridine rings is 2. The molecule has 0 aliphatic rings. The molecule has 0 N–H and O–H groups in total. The summed E-state index contributed by atoms with van der Waals surface area (Å²) in [6, 6.07) is 5.65. The zero-order chi connectivity index (χ0) is 20.5. The molecule has 0 aliphatic heterocycles. The van der Waals surface area contributed by atoms with Crippen LogP contribution >= 0.6 is 0 Å². The van der Waals surface area contributed by atoms with Crippen LogP contribution in [0, 0.1) is 29.9 Å². The third-order valence-corrected chi connectivity index (χ3v) is 4.68. The molecule has 0 unspecified atom stereocenters. The first kappa shape index (κ1) is 20.2. The van der Waals surface area contributed by atoms with Crippen LogP contribution in [-0.4, -0.2) is 16.6 Å². The van der Waals surface area contributed by atoms with E-state index in [-0.39, 0.29) is 16.3 Å². The van der Waals surface area contributed by atoms with Crippen molar-refractivity contribution in [3.8, 4) is 17.0 Å². The lowest BCUT2D eigenvalue weighted by Gasteiger charge is -2.27. The molecule has 0 amide bonds.